The first-order valence-corrected chi connectivity index (χ1v) is 6.66. The lowest BCUT2D eigenvalue weighted by atomic mass is 10.1. The molecule has 3 heteroatoms. The molecule has 1 aliphatic rings. The number of pyridine rings is 1. The van der Waals surface area contributed by atoms with E-state index in [9.17, 15) is 0 Å². The van der Waals surface area contributed by atoms with Gasteiger partial charge < -0.3 is 10.2 Å². The van der Waals surface area contributed by atoms with Crippen LogP contribution < -0.4 is 10.2 Å². The first kappa shape index (κ1) is 11.5. The number of nitrogens with zero attached hydrogens (tertiary/aromatic N) is 2. The molecule has 0 saturated carbocycles. The van der Waals surface area contributed by atoms with E-state index in [4.69, 9.17) is 0 Å². The Hall–Kier alpha value is -1.61. The third-order valence-corrected chi connectivity index (χ3v) is 3.54. The molecule has 1 aromatic heterocycles. The first-order valence-electron chi connectivity index (χ1n) is 6.66. The highest BCUT2D eigenvalue weighted by Gasteiger charge is 2.13. The van der Waals surface area contributed by atoms with Crippen molar-refractivity contribution in [3.05, 3.63) is 36.0 Å². The second-order valence-corrected chi connectivity index (χ2v) is 4.95. The number of anilines is 1. The summed E-state index contributed by atoms with van der Waals surface area (Å²) in [6.45, 7) is 6.43. The third-order valence-electron chi connectivity index (χ3n) is 3.54. The zero-order valence-electron chi connectivity index (χ0n) is 10.8. The SMILES string of the molecule is Cc1ccc2ccnc(N3CCCNCC3)c2c1. The van der Waals surface area contributed by atoms with E-state index in [0.717, 1.165) is 32.0 Å². The maximum absolute atomic E-state index is 4.61. The molecule has 1 saturated heterocycles. The van der Waals surface area contributed by atoms with Crippen LogP contribution in [0.15, 0.2) is 30.5 Å². The Balaban J connectivity index is 2.06. The predicted octanol–water partition coefficient (Wildman–Crippen LogP) is 2.34. The number of aryl methyl sites for hydroxylation is 1. The smallest absolute Gasteiger partial charge is 0.136 e. The fraction of sp³-hybridized carbons (Fsp3) is 0.400. The van der Waals surface area contributed by atoms with Gasteiger partial charge in [0.2, 0.25) is 0 Å². The molecule has 2 heterocycles. The minimum Gasteiger partial charge on any atom is -0.355 e. The molecule has 0 aliphatic carbocycles. The average molecular weight is 241 g/mol. The monoisotopic (exact) mass is 241 g/mol. The lowest BCUT2D eigenvalue weighted by Crippen LogP contribution is -2.28. The van der Waals surface area contributed by atoms with E-state index in [-0.39, 0.29) is 0 Å². The molecule has 3 nitrogen and oxygen atoms in total. The van der Waals surface area contributed by atoms with Crippen LogP contribution in [0.2, 0.25) is 0 Å². The van der Waals surface area contributed by atoms with E-state index in [0.29, 0.717) is 0 Å². The number of fused-ring (bicyclic) bond motifs is 1. The molecule has 0 atom stereocenters. The summed E-state index contributed by atoms with van der Waals surface area (Å²) < 4.78 is 0. The average Bonchev–Trinajstić information content (AvgIpc) is 2.67. The summed E-state index contributed by atoms with van der Waals surface area (Å²) in [5.74, 6) is 1.14. The third kappa shape index (κ3) is 2.18. The molecule has 0 bridgehead atoms. The van der Waals surface area contributed by atoms with Gasteiger partial charge in [-0.1, -0.05) is 17.7 Å². The van der Waals surface area contributed by atoms with Crippen molar-refractivity contribution in [1.82, 2.24) is 10.3 Å². The van der Waals surface area contributed by atoms with E-state index >= 15 is 0 Å². The minimum absolute atomic E-state index is 1.04. The normalized spacial score (nSPS) is 16.8. The zero-order valence-corrected chi connectivity index (χ0v) is 10.8. The maximum Gasteiger partial charge on any atom is 0.136 e. The van der Waals surface area contributed by atoms with Gasteiger partial charge in [-0.25, -0.2) is 4.98 Å². The molecule has 1 N–H and O–H groups in total. The molecule has 2 aromatic rings. The van der Waals surface area contributed by atoms with E-state index < -0.39 is 0 Å². The summed E-state index contributed by atoms with van der Waals surface area (Å²) in [5.41, 5.74) is 1.30. The van der Waals surface area contributed by atoms with Crippen molar-refractivity contribution >= 4 is 16.6 Å². The predicted molar refractivity (Wildman–Crippen MR) is 76.2 cm³/mol. The number of hydrogen-bond acceptors (Lipinski definition) is 3. The van der Waals surface area contributed by atoms with E-state index in [1.165, 1.54) is 22.8 Å². The Morgan fingerprint density at radius 1 is 1.17 bits per heavy atom. The van der Waals surface area contributed by atoms with Crippen LogP contribution in [0.4, 0.5) is 5.82 Å². The van der Waals surface area contributed by atoms with Crippen LogP contribution in [0.3, 0.4) is 0 Å². The van der Waals surface area contributed by atoms with Crippen LogP contribution in [0.5, 0.6) is 0 Å². The van der Waals surface area contributed by atoms with Crippen LogP contribution in [-0.4, -0.2) is 31.2 Å². The van der Waals surface area contributed by atoms with Crippen molar-refractivity contribution in [2.75, 3.05) is 31.1 Å². The standard InChI is InChI=1S/C15H19N3/c1-12-3-4-13-5-7-17-15(14(13)11-12)18-9-2-6-16-8-10-18/h3-5,7,11,16H,2,6,8-10H2,1H3. The second kappa shape index (κ2) is 4.94. The van der Waals surface area contributed by atoms with Crippen molar-refractivity contribution in [3.63, 3.8) is 0 Å². The van der Waals surface area contributed by atoms with Gasteiger partial charge in [-0.15, -0.1) is 0 Å². The highest BCUT2D eigenvalue weighted by Crippen LogP contribution is 2.25. The van der Waals surface area contributed by atoms with Crippen LogP contribution in [0.25, 0.3) is 10.8 Å². The number of aromatic nitrogens is 1. The Bertz CT molecular complexity index is 542. The van der Waals surface area contributed by atoms with Gasteiger partial charge in [-0.2, -0.15) is 0 Å². The molecule has 1 aliphatic heterocycles. The summed E-state index contributed by atoms with van der Waals surface area (Å²) in [5, 5.41) is 5.99. The van der Waals surface area contributed by atoms with Crippen molar-refractivity contribution in [3.8, 4) is 0 Å². The van der Waals surface area contributed by atoms with Gasteiger partial charge in [0.05, 0.1) is 0 Å². The van der Waals surface area contributed by atoms with E-state index in [1.807, 2.05) is 6.20 Å². The van der Waals surface area contributed by atoms with Crippen molar-refractivity contribution in [2.45, 2.75) is 13.3 Å². The quantitative estimate of drug-likeness (QED) is 0.830. The van der Waals surface area contributed by atoms with Gasteiger partial charge in [0.1, 0.15) is 5.82 Å². The largest absolute Gasteiger partial charge is 0.355 e. The number of hydrogen-bond donors (Lipinski definition) is 1. The van der Waals surface area contributed by atoms with Crippen molar-refractivity contribution < 1.29 is 0 Å². The Labute approximate surface area is 108 Å². The fourth-order valence-corrected chi connectivity index (χ4v) is 2.58. The second-order valence-electron chi connectivity index (χ2n) is 4.95. The molecule has 0 radical (unpaired) electrons. The van der Waals surface area contributed by atoms with E-state index in [1.54, 1.807) is 0 Å². The van der Waals surface area contributed by atoms with Gasteiger partial charge in [0.15, 0.2) is 0 Å². The van der Waals surface area contributed by atoms with Gasteiger partial charge in [0, 0.05) is 31.2 Å². The van der Waals surface area contributed by atoms with Gasteiger partial charge in [-0.3, -0.25) is 0 Å². The van der Waals surface area contributed by atoms with Crippen LogP contribution >= 0.6 is 0 Å². The Kier molecular flexibility index (Phi) is 3.15. The van der Waals surface area contributed by atoms with Gasteiger partial charge >= 0.3 is 0 Å². The summed E-state index contributed by atoms with van der Waals surface area (Å²) >= 11 is 0. The summed E-state index contributed by atoms with van der Waals surface area (Å²) in [4.78, 5) is 7.02. The van der Waals surface area contributed by atoms with Crippen molar-refractivity contribution in [2.24, 2.45) is 0 Å². The zero-order chi connectivity index (χ0) is 12.4. The highest BCUT2D eigenvalue weighted by molar-refractivity contribution is 5.92. The summed E-state index contributed by atoms with van der Waals surface area (Å²) in [7, 11) is 0. The molecule has 0 spiro atoms. The first-order chi connectivity index (χ1) is 8.84. The fourth-order valence-electron chi connectivity index (χ4n) is 2.58. The Morgan fingerprint density at radius 3 is 3.06 bits per heavy atom. The molecule has 0 amide bonds. The van der Waals surface area contributed by atoms with Crippen molar-refractivity contribution in [1.29, 1.82) is 0 Å². The molecule has 1 fully saturated rings. The molecule has 1 aromatic carbocycles. The molecule has 94 valence electrons. The summed E-state index contributed by atoms with van der Waals surface area (Å²) in [6.07, 6.45) is 3.11. The molecule has 3 rings (SSSR count). The van der Waals surface area contributed by atoms with Crippen LogP contribution in [0.1, 0.15) is 12.0 Å². The van der Waals surface area contributed by atoms with E-state index in [2.05, 4.69) is 46.4 Å². The minimum atomic E-state index is 1.04. The molecular weight excluding hydrogens is 222 g/mol. The lowest BCUT2D eigenvalue weighted by molar-refractivity contribution is 0.724. The van der Waals surface area contributed by atoms with Gasteiger partial charge in [-0.05, 0) is 37.4 Å². The lowest BCUT2D eigenvalue weighted by Gasteiger charge is -2.22. The number of nitrogens with one attached hydrogen (secondary N) is 1. The molecule has 18 heavy (non-hydrogen) atoms. The number of rotatable bonds is 1. The van der Waals surface area contributed by atoms with Crippen LogP contribution in [0, 0.1) is 6.92 Å². The topological polar surface area (TPSA) is 28.2 Å². The van der Waals surface area contributed by atoms with Crippen LogP contribution in [-0.2, 0) is 0 Å². The Morgan fingerprint density at radius 2 is 2.11 bits per heavy atom. The highest BCUT2D eigenvalue weighted by atomic mass is 15.2. The summed E-state index contributed by atoms with van der Waals surface area (Å²) in [6, 6.07) is 8.69. The number of benzene rings is 1. The molecule has 0 unspecified atom stereocenters. The molecular formula is C15H19N3. The maximum atomic E-state index is 4.61. The van der Waals surface area contributed by atoms with Gasteiger partial charge in [0.25, 0.3) is 0 Å².